The molecule has 2 N–H and O–H groups in total. The smallest absolute Gasteiger partial charge is 0.258 e. The topological polar surface area (TPSA) is 137 Å². The molecule has 11 heteroatoms. The van der Waals surface area contributed by atoms with Crippen molar-refractivity contribution in [2.45, 2.75) is 16.2 Å². The third-order valence-corrected chi connectivity index (χ3v) is 5.36. The van der Waals surface area contributed by atoms with E-state index >= 15 is 0 Å². The van der Waals surface area contributed by atoms with Crippen molar-refractivity contribution < 1.29 is 21.8 Å². The molecule has 0 aliphatic carbocycles. The molecule has 1 aromatic rings. The first-order valence-corrected chi connectivity index (χ1v) is 8.93. The number of alkyl halides is 1. The third-order valence-electron chi connectivity index (χ3n) is 2.34. The number of benzene rings is 1. The fourth-order valence-corrected chi connectivity index (χ4v) is 3.73. The predicted molar refractivity (Wildman–Crippen MR) is 71.9 cm³/mol. The molecule has 8 nitrogen and oxygen atoms in total. The number of rotatable bonds is 6. The average molecular weight is 343 g/mol. The molecule has 0 radical (unpaired) electrons. The van der Waals surface area contributed by atoms with Gasteiger partial charge in [0.15, 0.2) is 9.84 Å². The van der Waals surface area contributed by atoms with Crippen molar-refractivity contribution in [1.82, 2.24) is 0 Å². The molecule has 0 fully saturated rings. The number of nitrogens with zero attached hydrogens (tertiary/aromatic N) is 1. The predicted octanol–water partition coefficient (Wildman–Crippen LogP) is 0.645. The van der Waals surface area contributed by atoms with Crippen LogP contribution in [0.3, 0.4) is 0 Å². The molecule has 0 aliphatic heterocycles. The molecular weight excluding hydrogens is 332 g/mol. The molecule has 0 unspecified atom stereocenters. The first kappa shape index (κ1) is 16.8. The van der Waals surface area contributed by atoms with E-state index in [0.717, 1.165) is 12.1 Å². The third kappa shape index (κ3) is 3.88. The fraction of sp³-hybridized carbons (Fsp3) is 0.333. The van der Waals surface area contributed by atoms with Crippen molar-refractivity contribution in [3.63, 3.8) is 0 Å². The van der Waals surface area contributed by atoms with Crippen LogP contribution in [0.4, 0.5) is 5.69 Å². The van der Waals surface area contributed by atoms with Crippen LogP contribution in [-0.2, 0) is 19.9 Å². The van der Waals surface area contributed by atoms with Crippen molar-refractivity contribution in [1.29, 1.82) is 0 Å². The van der Waals surface area contributed by atoms with E-state index < -0.39 is 40.3 Å². The van der Waals surface area contributed by atoms with Crippen molar-refractivity contribution in [2.24, 2.45) is 5.14 Å². The molecule has 20 heavy (non-hydrogen) atoms. The summed E-state index contributed by atoms with van der Waals surface area (Å²) in [5.74, 6) is -0.283. The number of nitro benzene ring substituents is 1. The fourth-order valence-electron chi connectivity index (χ4n) is 1.43. The standard InChI is InChI=1S/C9H11ClN2O6S2/c10-4-1-5-19(15,16)9-3-2-7(20(11,17)18)6-8(9)12(13)14/h2-3,6H,1,4-5H2,(H2,11,17,18). The second-order valence-electron chi connectivity index (χ2n) is 3.79. The van der Waals surface area contributed by atoms with Gasteiger partial charge in [-0.1, -0.05) is 0 Å². The van der Waals surface area contributed by atoms with Crippen LogP contribution in [0, 0.1) is 10.1 Å². The molecule has 0 spiro atoms. The van der Waals surface area contributed by atoms with E-state index in [1.807, 2.05) is 0 Å². The zero-order valence-electron chi connectivity index (χ0n) is 10.0. The van der Waals surface area contributed by atoms with Gasteiger partial charge in [-0.3, -0.25) is 10.1 Å². The summed E-state index contributed by atoms with van der Waals surface area (Å²) in [4.78, 5) is 8.85. The van der Waals surface area contributed by atoms with Gasteiger partial charge in [-0.2, -0.15) is 0 Å². The normalized spacial score (nSPS) is 12.3. The first-order chi connectivity index (χ1) is 9.09. The number of sulfone groups is 1. The summed E-state index contributed by atoms with van der Waals surface area (Å²) >= 11 is 5.39. The van der Waals surface area contributed by atoms with Gasteiger partial charge >= 0.3 is 0 Å². The largest absolute Gasteiger partial charge is 0.289 e. The van der Waals surface area contributed by atoms with Crippen LogP contribution in [-0.4, -0.2) is 33.4 Å². The Labute approximate surface area is 120 Å². The van der Waals surface area contributed by atoms with Crippen LogP contribution in [0.1, 0.15) is 6.42 Å². The van der Waals surface area contributed by atoms with E-state index in [0.29, 0.717) is 6.07 Å². The highest BCUT2D eigenvalue weighted by molar-refractivity contribution is 7.91. The molecule has 0 saturated heterocycles. The van der Waals surface area contributed by atoms with Crippen LogP contribution in [0.25, 0.3) is 0 Å². The van der Waals surface area contributed by atoms with E-state index in [9.17, 15) is 26.9 Å². The Balaban J connectivity index is 3.46. The lowest BCUT2D eigenvalue weighted by Crippen LogP contribution is -2.14. The maximum atomic E-state index is 11.9. The molecule has 0 amide bonds. The number of sulfonamides is 1. The summed E-state index contributed by atoms with van der Waals surface area (Å²) < 4.78 is 46.1. The van der Waals surface area contributed by atoms with Crippen molar-refractivity contribution in [2.75, 3.05) is 11.6 Å². The molecule has 0 heterocycles. The number of halogens is 1. The number of nitro groups is 1. The van der Waals surface area contributed by atoms with Crippen LogP contribution in [0.2, 0.25) is 0 Å². The van der Waals surface area contributed by atoms with Crippen LogP contribution >= 0.6 is 11.6 Å². The van der Waals surface area contributed by atoms with Crippen molar-refractivity contribution in [3.05, 3.63) is 28.3 Å². The SMILES string of the molecule is NS(=O)(=O)c1ccc(S(=O)(=O)CCCCl)c([N+](=O)[O-])c1. The van der Waals surface area contributed by atoms with Gasteiger partial charge in [0.1, 0.15) is 4.90 Å². The first-order valence-electron chi connectivity index (χ1n) is 5.19. The van der Waals surface area contributed by atoms with Crippen molar-refractivity contribution >= 4 is 37.1 Å². The maximum Gasteiger partial charge on any atom is 0.289 e. The van der Waals surface area contributed by atoms with Crippen LogP contribution < -0.4 is 5.14 Å². The molecular formula is C9H11ClN2O6S2. The molecule has 1 aromatic carbocycles. The minimum atomic E-state index is -4.16. The molecule has 1 rings (SSSR count). The Morgan fingerprint density at radius 2 is 1.85 bits per heavy atom. The summed E-state index contributed by atoms with van der Waals surface area (Å²) in [6.45, 7) is 0. The lowest BCUT2D eigenvalue weighted by molar-refractivity contribution is -0.388. The van der Waals surface area contributed by atoms with E-state index in [1.165, 1.54) is 0 Å². The molecule has 112 valence electrons. The monoisotopic (exact) mass is 342 g/mol. The Morgan fingerprint density at radius 1 is 1.25 bits per heavy atom. The van der Waals surface area contributed by atoms with Gasteiger partial charge in [-0.25, -0.2) is 22.0 Å². The Kier molecular flexibility index (Phi) is 5.08. The van der Waals surface area contributed by atoms with E-state index in [1.54, 1.807) is 0 Å². The molecule has 0 saturated carbocycles. The molecule has 0 aliphatic rings. The summed E-state index contributed by atoms with van der Waals surface area (Å²) in [7, 11) is -8.08. The van der Waals surface area contributed by atoms with Gasteiger partial charge in [0.05, 0.1) is 15.6 Å². The van der Waals surface area contributed by atoms with E-state index in [-0.39, 0.29) is 18.1 Å². The quantitative estimate of drug-likeness (QED) is 0.457. The van der Waals surface area contributed by atoms with Gasteiger partial charge in [0.2, 0.25) is 10.0 Å². The van der Waals surface area contributed by atoms with Crippen LogP contribution in [0.15, 0.2) is 28.0 Å². The number of primary sulfonamides is 1. The molecule has 0 bridgehead atoms. The minimum Gasteiger partial charge on any atom is -0.258 e. The summed E-state index contributed by atoms with van der Waals surface area (Å²) in [6.07, 6.45) is 0.123. The summed E-state index contributed by atoms with van der Waals surface area (Å²) in [5, 5.41) is 15.7. The number of nitrogens with two attached hydrogens (primary N) is 1. The highest BCUT2D eigenvalue weighted by Gasteiger charge is 2.27. The second kappa shape index (κ2) is 6.04. The summed E-state index contributed by atoms with van der Waals surface area (Å²) in [6, 6.07) is 2.40. The number of hydrogen-bond acceptors (Lipinski definition) is 6. The van der Waals surface area contributed by atoms with Gasteiger partial charge in [0.25, 0.3) is 5.69 Å². The molecule has 0 atom stereocenters. The highest BCUT2D eigenvalue weighted by atomic mass is 35.5. The Bertz CT molecular complexity index is 729. The van der Waals surface area contributed by atoms with Gasteiger partial charge in [0, 0.05) is 11.9 Å². The number of hydrogen-bond donors (Lipinski definition) is 1. The average Bonchev–Trinajstić information content (AvgIpc) is 2.34. The Morgan fingerprint density at radius 3 is 2.30 bits per heavy atom. The van der Waals surface area contributed by atoms with Crippen LogP contribution in [0.5, 0.6) is 0 Å². The van der Waals surface area contributed by atoms with Gasteiger partial charge in [-0.15, -0.1) is 11.6 Å². The maximum absolute atomic E-state index is 11.9. The molecule has 0 aromatic heterocycles. The van der Waals surface area contributed by atoms with E-state index in [2.05, 4.69) is 0 Å². The Hall–Kier alpha value is -1.23. The van der Waals surface area contributed by atoms with Gasteiger partial charge < -0.3 is 0 Å². The van der Waals surface area contributed by atoms with Gasteiger partial charge in [-0.05, 0) is 18.6 Å². The highest BCUT2D eigenvalue weighted by Crippen LogP contribution is 2.27. The minimum absolute atomic E-state index is 0.0856. The lowest BCUT2D eigenvalue weighted by Gasteiger charge is -2.06. The van der Waals surface area contributed by atoms with E-state index in [4.69, 9.17) is 16.7 Å². The summed E-state index contributed by atoms with van der Waals surface area (Å²) in [5.41, 5.74) is -0.828. The zero-order valence-corrected chi connectivity index (χ0v) is 12.4. The lowest BCUT2D eigenvalue weighted by atomic mass is 10.3. The zero-order chi connectivity index (χ0) is 15.6. The van der Waals surface area contributed by atoms with Crippen molar-refractivity contribution in [3.8, 4) is 0 Å². The second-order valence-corrected chi connectivity index (χ2v) is 7.81.